The fraction of sp³-hybridized carbons (Fsp3) is 0.429. The van der Waals surface area contributed by atoms with Crippen LogP contribution in [0.15, 0.2) is 24.3 Å². The maximum atomic E-state index is 5.90. The second-order valence-electron chi connectivity index (χ2n) is 4.38. The normalized spacial score (nSPS) is 24.8. The minimum Gasteiger partial charge on any atom is -0.370 e. The van der Waals surface area contributed by atoms with E-state index in [2.05, 4.69) is 30.3 Å². The average Bonchev–Trinajstić information content (AvgIpc) is 2.48. The molecule has 1 heterocycles. The monoisotopic (exact) mass is 200 g/mol. The summed E-state index contributed by atoms with van der Waals surface area (Å²) in [6, 6.07) is 8.69. The van der Waals surface area contributed by atoms with Crippen molar-refractivity contribution in [3.8, 4) is 0 Å². The van der Waals surface area contributed by atoms with E-state index >= 15 is 0 Å². The Morgan fingerprint density at radius 3 is 3.07 bits per heavy atom. The Hall–Kier alpha value is -1.08. The van der Waals surface area contributed by atoms with Crippen LogP contribution in [0.1, 0.15) is 25.7 Å². The lowest BCUT2D eigenvalue weighted by molar-refractivity contribution is 0.105. The van der Waals surface area contributed by atoms with E-state index in [1.165, 1.54) is 41.7 Å². The van der Waals surface area contributed by atoms with E-state index in [1.54, 1.807) is 0 Å². The smallest absolute Gasteiger partial charge is 0.0798 e. The minimum absolute atomic E-state index is 0.388. The van der Waals surface area contributed by atoms with E-state index in [4.69, 9.17) is 4.74 Å². The predicted octanol–water partition coefficient (Wildman–Crippen LogP) is 1.59. The SMILES string of the molecule is C1=c2ccccc2=C2CCCCC2OC1. The van der Waals surface area contributed by atoms with Crippen LogP contribution in [0.3, 0.4) is 0 Å². The summed E-state index contributed by atoms with van der Waals surface area (Å²) in [5.74, 6) is 0. The summed E-state index contributed by atoms with van der Waals surface area (Å²) < 4.78 is 5.90. The molecule has 3 rings (SSSR count). The fourth-order valence-electron chi connectivity index (χ4n) is 2.69. The van der Waals surface area contributed by atoms with Crippen molar-refractivity contribution in [3.63, 3.8) is 0 Å². The lowest BCUT2D eigenvalue weighted by atomic mass is 9.90. The number of hydrogen-bond acceptors (Lipinski definition) is 1. The van der Waals surface area contributed by atoms with Crippen LogP contribution in [0.5, 0.6) is 0 Å². The topological polar surface area (TPSA) is 9.23 Å². The second-order valence-corrected chi connectivity index (χ2v) is 4.38. The van der Waals surface area contributed by atoms with Crippen molar-refractivity contribution in [2.24, 2.45) is 0 Å². The Balaban J connectivity index is 2.27. The van der Waals surface area contributed by atoms with Crippen LogP contribution in [0.2, 0.25) is 0 Å². The van der Waals surface area contributed by atoms with Crippen molar-refractivity contribution in [1.82, 2.24) is 0 Å². The molecule has 0 spiro atoms. The van der Waals surface area contributed by atoms with E-state index in [1.807, 2.05) is 0 Å². The van der Waals surface area contributed by atoms with Gasteiger partial charge < -0.3 is 4.74 Å². The molecule has 0 radical (unpaired) electrons. The van der Waals surface area contributed by atoms with Crippen molar-refractivity contribution in [3.05, 3.63) is 34.7 Å². The molecule has 1 aliphatic heterocycles. The quantitative estimate of drug-likeness (QED) is 0.618. The molecule has 0 saturated heterocycles. The van der Waals surface area contributed by atoms with Gasteiger partial charge in [0.25, 0.3) is 0 Å². The Kier molecular flexibility index (Phi) is 2.34. The second kappa shape index (κ2) is 3.82. The first kappa shape index (κ1) is 9.17. The summed E-state index contributed by atoms with van der Waals surface area (Å²) in [5, 5.41) is 2.79. The molecule has 1 aromatic rings. The Morgan fingerprint density at radius 2 is 2.07 bits per heavy atom. The molecule has 0 aromatic heterocycles. The molecule has 78 valence electrons. The van der Waals surface area contributed by atoms with Crippen LogP contribution in [0.25, 0.3) is 11.6 Å². The summed E-state index contributed by atoms with van der Waals surface area (Å²) in [5.41, 5.74) is 1.53. The molecule has 1 heteroatoms. The van der Waals surface area contributed by atoms with E-state index in [-0.39, 0.29) is 0 Å². The predicted molar refractivity (Wildman–Crippen MR) is 61.8 cm³/mol. The lowest BCUT2D eigenvalue weighted by Gasteiger charge is -2.24. The van der Waals surface area contributed by atoms with Gasteiger partial charge in [-0.1, -0.05) is 36.8 Å². The van der Waals surface area contributed by atoms with Gasteiger partial charge in [0.2, 0.25) is 0 Å². The van der Waals surface area contributed by atoms with Gasteiger partial charge in [-0.25, -0.2) is 0 Å². The molecule has 0 N–H and O–H groups in total. The average molecular weight is 200 g/mol. The van der Waals surface area contributed by atoms with Gasteiger partial charge in [-0.15, -0.1) is 0 Å². The van der Waals surface area contributed by atoms with Crippen LogP contribution < -0.4 is 10.4 Å². The number of hydrogen-bond donors (Lipinski definition) is 0. The van der Waals surface area contributed by atoms with Crippen molar-refractivity contribution < 1.29 is 4.74 Å². The van der Waals surface area contributed by atoms with Gasteiger partial charge in [0.1, 0.15) is 0 Å². The molecule has 1 atom stereocenters. The van der Waals surface area contributed by atoms with Gasteiger partial charge in [0.15, 0.2) is 0 Å². The highest BCUT2D eigenvalue weighted by molar-refractivity contribution is 5.53. The van der Waals surface area contributed by atoms with Crippen molar-refractivity contribution in [1.29, 1.82) is 0 Å². The van der Waals surface area contributed by atoms with Crippen LogP contribution in [-0.4, -0.2) is 12.7 Å². The zero-order valence-corrected chi connectivity index (χ0v) is 8.91. The zero-order valence-electron chi connectivity index (χ0n) is 8.91. The first-order valence-electron chi connectivity index (χ1n) is 5.85. The Morgan fingerprint density at radius 1 is 1.13 bits per heavy atom. The Bertz CT molecular complexity index is 472. The molecular formula is C14H16O. The standard InChI is InChI=1S/C14H16O/c1-2-6-12-11(5-1)9-10-15-14-8-4-3-7-13(12)14/h1-2,5-6,9,14H,3-4,7-8,10H2. The summed E-state index contributed by atoms with van der Waals surface area (Å²) in [4.78, 5) is 0. The summed E-state index contributed by atoms with van der Waals surface area (Å²) in [7, 11) is 0. The molecule has 15 heavy (non-hydrogen) atoms. The molecule has 1 fully saturated rings. The first-order valence-corrected chi connectivity index (χ1v) is 5.85. The summed E-state index contributed by atoms with van der Waals surface area (Å²) >= 11 is 0. The van der Waals surface area contributed by atoms with Gasteiger partial charge >= 0.3 is 0 Å². The highest BCUT2D eigenvalue weighted by Crippen LogP contribution is 2.26. The molecular weight excluding hydrogens is 184 g/mol. The number of fused-ring (bicyclic) bond motifs is 2. The van der Waals surface area contributed by atoms with Gasteiger partial charge in [-0.05, 0) is 35.3 Å². The van der Waals surface area contributed by atoms with Gasteiger partial charge in [-0.3, -0.25) is 0 Å². The Labute approximate surface area is 90.1 Å². The van der Waals surface area contributed by atoms with Gasteiger partial charge in [0.05, 0.1) is 12.7 Å². The molecule has 0 amide bonds. The highest BCUT2D eigenvalue weighted by Gasteiger charge is 2.20. The first-order chi connectivity index (χ1) is 7.45. The summed E-state index contributed by atoms with van der Waals surface area (Å²) in [6.45, 7) is 0.769. The molecule has 0 bridgehead atoms. The number of benzene rings is 1. The summed E-state index contributed by atoms with van der Waals surface area (Å²) in [6.07, 6.45) is 7.66. The third-order valence-electron chi connectivity index (χ3n) is 3.46. The van der Waals surface area contributed by atoms with E-state index in [0.29, 0.717) is 6.10 Å². The molecule has 1 saturated carbocycles. The van der Waals surface area contributed by atoms with Crippen molar-refractivity contribution in [2.75, 3.05) is 6.61 Å². The van der Waals surface area contributed by atoms with E-state index in [0.717, 1.165) is 6.61 Å². The molecule has 1 unspecified atom stereocenters. The molecule has 2 aliphatic rings. The van der Waals surface area contributed by atoms with E-state index < -0.39 is 0 Å². The molecule has 1 nitrogen and oxygen atoms in total. The van der Waals surface area contributed by atoms with Crippen LogP contribution >= 0.6 is 0 Å². The van der Waals surface area contributed by atoms with Gasteiger partial charge in [-0.2, -0.15) is 0 Å². The maximum absolute atomic E-state index is 5.90. The fourth-order valence-corrected chi connectivity index (χ4v) is 2.69. The molecule has 1 aliphatic carbocycles. The zero-order chi connectivity index (χ0) is 10.1. The largest absolute Gasteiger partial charge is 0.370 e. The van der Waals surface area contributed by atoms with Crippen molar-refractivity contribution in [2.45, 2.75) is 31.8 Å². The molecule has 1 aromatic carbocycles. The third kappa shape index (κ3) is 1.61. The van der Waals surface area contributed by atoms with Crippen molar-refractivity contribution >= 4 is 11.6 Å². The number of rotatable bonds is 0. The maximum Gasteiger partial charge on any atom is 0.0798 e. The highest BCUT2D eigenvalue weighted by atomic mass is 16.5. The minimum atomic E-state index is 0.388. The van der Waals surface area contributed by atoms with Gasteiger partial charge in [0, 0.05) is 0 Å². The lowest BCUT2D eigenvalue weighted by Crippen LogP contribution is -2.30. The number of ether oxygens (including phenoxy) is 1. The van der Waals surface area contributed by atoms with Crippen LogP contribution in [0, 0.1) is 0 Å². The van der Waals surface area contributed by atoms with Crippen LogP contribution in [-0.2, 0) is 4.74 Å². The van der Waals surface area contributed by atoms with E-state index in [9.17, 15) is 0 Å². The third-order valence-corrected chi connectivity index (χ3v) is 3.46. The van der Waals surface area contributed by atoms with Crippen LogP contribution in [0.4, 0.5) is 0 Å².